The monoisotopic (exact) mass is 354 g/mol. The van der Waals surface area contributed by atoms with Crippen LogP contribution in [0.15, 0.2) is 42.5 Å². The second kappa shape index (κ2) is 7.57. The van der Waals surface area contributed by atoms with E-state index in [9.17, 15) is 23.1 Å². The molecule has 1 atom stereocenters. The number of carboxylic acid groups (broad SMARTS) is 1. The summed E-state index contributed by atoms with van der Waals surface area (Å²) in [6, 6.07) is 10.6. The number of hydrogen-bond donors (Lipinski definition) is 2. The highest BCUT2D eigenvalue weighted by Gasteiger charge is 2.41. The zero-order valence-corrected chi connectivity index (χ0v) is 13.4. The molecule has 0 bridgehead atoms. The van der Waals surface area contributed by atoms with Crippen LogP contribution >= 0.6 is 0 Å². The number of carboxylic acids is 1. The van der Waals surface area contributed by atoms with Gasteiger partial charge in [0.05, 0.1) is 12.2 Å². The van der Waals surface area contributed by atoms with Crippen LogP contribution in [0.4, 0.5) is 13.2 Å². The van der Waals surface area contributed by atoms with E-state index in [1.54, 1.807) is 0 Å². The SMILES string of the molecule is Cc1cccc(CCOc2ccc(C(=O)O)cc2C(O)C(F)(F)F)c1. The molecule has 0 spiro atoms. The summed E-state index contributed by atoms with van der Waals surface area (Å²) >= 11 is 0. The number of benzene rings is 2. The molecule has 25 heavy (non-hydrogen) atoms. The molecule has 0 heterocycles. The molecule has 0 fully saturated rings. The van der Waals surface area contributed by atoms with Gasteiger partial charge in [-0.05, 0) is 30.7 Å². The first-order valence-electron chi connectivity index (χ1n) is 7.49. The highest BCUT2D eigenvalue weighted by atomic mass is 19.4. The van der Waals surface area contributed by atoms with E-state index >= 15 is 0 Å². The summed E-state index contributed by atoms with van der Waals surface area (Å²) in [5, 5.41) is 18.4. The van der Waals surface area contributed by atoms with Crippen molar-refractivity contribution >= 4 is 5.97 Å². The van der Waals surface area contributed by atoms with Crippen LogP contribution in [0.3, 0.4) is 0 Å². The summed E-state index contributed by atoms with van der Waals surface area (Å²) in [4.78, 5) is 11.0. The summed E-state index contributed by atoms with van der Waals surface area (Å²) < 4.78 is 43.9. The molecular formula is C18H17F3O4. The first-order chi connectivity index (χ1) is 11.7. The molecule has 2 N–H and O–H groups in total. The summed E-state index contributed by atoms with van der Waals surface area (Å²) in [7, 11) is 0. The van der Waals surface area contributed by atoms with E-state index in [0.29, 0.717) is 6.42 Å². The summed E-state index contributed by atoms with van der Waals surface area (Å²) in [6.07, 6.45) is -7.28. The fourth-order valence-corrected chi connectivity index (χ4v) is 2.35. The van der Waals surface area contributed by atoms with Crippen LogP contribution in [0.5, 0.6) is 5.75 Å². The third-order valence-electron chi connectivity index (χ3n) is 3.59. The number of alkyl halides is 3. The number of carbonyl (C=O) groups is 1. The molecule has 0 radical (unpaired) electrons. The highest BCUT2D eigenvalue weighted by Crippen LogP contribution is 2.37. The zero-order valence-electron chi connectivity index (χ0n) is 13.4. The van der Waals surface area contributed by atoms with Crippen LogP contribution in [0.2, 0.25) is 0 Å². The fourth-order valence-electron chi connectivity index (χ4n) is 2.35. The predicted octanol–water partition coefficient (Wildman–Crippen LogP) is 3.91. The molecule has 0 saturated heterocycles. The summed E-state index contributed by atoms with van der Waals surface area (Å²) in [6.45, 7) is 2.01. The smallest absolute Gasteiger partial charge is 0.418 e. The average Bonchev–Trinajstić information content (AvgIpc) is 2.53. The second-order valence-corrected chi connectivity index (χ2v) is 5.59. The third-order valence-corrected chi connectivity index (χ3v) is 3.59. The van der Waals surface area contributed by atoms with E-state index in [1.807, 2.05) is 31.2 Å². The normalized spacial score (nSPS) is 12.7. The molecule has 0 aliphatic carbocycles. The summed E-state index contributed by atoms with van der Waals surface area (Å²) in [5.41, 5.74) is 1.04. The minimum Gasteiger partial charge on any atom is -0.493 e. The Morgan fingerprint density at radius 3 is 2.52 bits per heavy atom. The Bertz CT molecular complexity index is 756. The molecule has 0 aliphatic heterocycles. The lowest BCUT2D eigenvalue weighted by molar-refractivity contribution is -0.207. The Balaban J connectivity index is 2.19. The van der Waals surface area contributed by atoms with E-state index in [2.05, 4.69) is 0 Å². The Labute approximate surface area is 142 Å². The second-order valence-electron chi connectivity index (χ2n) is 5.59. The Hall–Kier alpha value is -2.54. The molecular weight excluding hydrogens is 337 g/mol. The quantitative estimate of drug-likeness (QED) is 0.825. The van der Waals surface area contributed by atoms with Gasteiger partial charge in [-0.2, -0.15) is 13.2 Å². The van der Waals surface area contributed by atoms with Gasteiger partial charge in [-0.1, -0.05) is 29.8 Å². The lowest BCUT2D eigenvalue weighted by Crippen LogP contribution is -2.21. The molecule has 2 aromatic rings. The molecule has 0 amide bonds. The van der Waals surface area contributed by atoms with Crippen LogP contribution in [0.25, 0.3) is 0 Å². The van der Waals surface area contributed by atoms with Gasteiger partial charge in [0.1, 0.15) is 5.75 Å². The first-order valence-corrected chi connectivity index (χ1v) is 7.49. The average molecular weight is 354 g/mol. The van der Waals surface area contributed by atoms with Crippen LogP contribution in [0.1, 0.15) is 33.2 Å². The van der Waals surface area contributed by atoms with Crippen molar-refractivity contribution in [1.29, 1.82) is 0 Å². The largest absolute Gasteiger partial charge is 0.493 e. The van der Waals surface area contributed by atoms with Crippen LogP contribution in [-0.2, 0) is 6.42 Å². The number of aromatic carboxylic acids is 1. The molecule has 0 aliphatic rings. The maximum Gasteiger partial charge on any atom is 0.418 e. The number of hydrogen-bond acceptors (Lipinski definition) is 3. The van der Waals surface area contributed by atoms with Crippen LogP contribution in [0, 0.1) is 6.92 Å². The van der Waals surface area contributed by atoms with Crippen molar-refractivity contribution in [3.63, 3.8) is 0 Å². The molecule has 2 rings (SSSR count). The first kappa shape index (κ1) is 18.8. The number of aliphatic hydroxyl groups is 1. The number of halogens is 3. The van der Waals surface area contributed by atoms with Crippen LogP contribution < -0.4 is 4.74 Å². The van der Waals surface area contributed by atoms with E-state index < -0.39 is 23.8 Å². The Kier molecular flexibility index (Phi) is 5.69. The lowest BCUT2D eigenvalue weighted by atomic mass is 10.0. The van der Waals surface area contributed by atoms with Crippen LogP contribution in [-0.4, -0.2) is 29.0 Å². The number of aryl methyl sites for hydroxylation is 1. The maximum atomic E-state index is 12.8. The van der Waals surface area contributed by atoms with Crippen molar-refractivity contribution in [2.75, 3.05) is 6.61 Å². The van der Waals surface area contributed by atoms with Gasteiger partial charge in [0.2, 0.25) is 0 Å². The molecule has 1 unspecified atom stereocenters. The molecule has 2 aromatic carbocycles. The number of rotatable bonds is 6. The van der Waals surface area contributed by atoms with Crippen molar-refractivity contribution < 1.29 is 32.9 Å². The van der Waals surface area contributed by atoms with Crippen molar-refractivity contribution in [2.45, 2.75) is 25.6 Å². The summed E-state index contributed by atoms with van der Waals surface area (Å²) in [5.74, 6) is -1.58. The Morgan fingerprint density at radius 2 is 1.92 bits per heavy atom. The standard InChI is InChI=1S/C18H17F3O4/c1-11-3-2-4-12(9-11)7-8-25-15-6-5-13(17(23)24)10-14(15)16(22)18(19,20)21/h2-6,9-10,16,22H,7-8H2,1H3,(H,23,24). The molecule has 0 saturated carbocycles. The minimum absolute atomic E-state index is 0.0907. The van der Waals surface area contributed by atoms with Gasteiger partial charge in [-0.15, -0.1) is 0 Å². The Morgan fingerprint density at radius 1 is 1.20 bits per heavy atom. The van der Waals surface area contributed by atoms with Crippen molar-refractivity contribution in [2.24, 2.45) is 0 Å². The molecule has 0 aromatic heterocycles. The zero-order chi connectivity index (χ0) is 18.6. The van der Waals surface area contributed by atoms with E-state index in [-0.39, 0.29) is 17.9 Å². The van der Waals surface area contributed by atoms with Crippen molar-refractivity contribution in [3.8, 4) is 5.75 Å². The fraction of sp³-hybridized carbons (Fsp3) is 0.278. The number of aliphatic hydroxyl groups excluding tert-OH is 1. The molecule has 4 nitrogen and oxygen atoms in total. The predicted molar refractivity (Wildman–Crippen MR) is 84.8 cm³/mol. The number of ether oxygens (including phenoxy) is 1. The van der Waals surface area contributed by atoms with E-state index in [4.69, 9.17) is 9.84 Å². The van der Waals surface area contributed by atoms with Gasteiger partial charge in [0, 0.05) is 12.0 Å². The van der Waals surface area contributed by atoms with Crippen molar-refractivity contribution in [1.82, 2.24) is 0 Å². The van der Waals surface area contributed by atoms with Gasteiger partial charge >= 0.3 is 12.1 Å². The van der Waals surface area contributed by atoms with Gasteiger partial charge < -0.3 is 14.9 Å². The van der Waals surface area contributed by atoms with Gasteiger partial charge in [-0.3, -0.25) is 0 Å². The highest BCUT2D eigenvalue weighted by molar-refractivity contribution is 5.88. The maximum absolute atomic E-state index is 12.8. The van der Waals surface area contributed by atoms with Gasteiger partial charge in [0.15, 0.2) is 6.10 Å². The molecule has 134 valence electrons. The topological polar surface area (TPSA) is 66.8 Å². The van der Waals surface area contributed by atoms with E-state index in [1.165, 1.54) is 0 Å². The van der Waals surface area contributed by atoms with Crippen molar-refractivity contribution in [3.05, 3.63) is 64.7 Å². The van der Waals surface area contributed by atoms with E-state index in [0.717, 1.165) is 29.3 Å². The third kappa shape index (κ3) is 4.96. The lowest BCUT2D eigenvalue weighted by Gasteiger charge is -2.19. The van der Waals surface area contributed by atoms with Gasteiger partial charge in [0.25, 0.3) is 0 Å². The minimum atomic E-state index is -4.92. The van der Waals surface area contributed by atoms with Gasteiger partial charge in [-0.25, -0.2) is 4.79 Å². The molecule has 7 heteroatoms.